The third-order valence-corrected chi connectivity index (χ3v) is 6.51. The molecule has 0 spiro atoms. The standard InChI is InChI=1S/C30H37NO3.CH2Cl2.BrH/c1-23-9-10-24(2)27(19-23)22-34-30-20-31-16-15-29(30)26-11-13-28(14-12-26)33-18-6-17-32-21-25-7-4-3-5-8-25;2-1-3;/h3-5,7-14,19,29-31H,6,15-18,20-22H2,1-2H3;1H2;1H. The fraction of sp³-hybridized carbons (Fsp3) is 0.419. The second-order valence-electron chi connectivity index (χ2n) is 9.29. The Kier molecular flexibility index (Phi) is 16.0. The highest BCUT2D eigenvalue weighted by molar-refractivity contribution is 8.93. The molecule has 2 unspecified atom stereocenters. The smallest absolute Gasteiger partial charge is 0.119 e. The van der Waals surface area contributed by atoms with E-state index in [1.54, 1.807) is 0 Å². The maximum absolute atomic E-state index is 6.43. The Morgan fingerprint density at radius 2 is 1.63 bits per heavy atom. The van der Waals surface area contributed by atoms with E-state index in [1.807, 2.05) is 18.2 Å². The van der Waals surface area contributed by atoms with Gasteiger partial charge in [-0.2, -0.15) is 0 Å². The Labute approximate surface area is 248 Å². The fourth-order valence-corrected chi connectivity index (χ4v) is 4.47. The lowest BCUT2D eigenvalue weighted by molar-refractivity contribution is 0.0104. The van der Waals surface area contributed by atoms with Crippen LogP contribution in [0.25, 0.3) is 0 Å². The Morgan fingerprint density at radius 1 is 0.895 bits per heavy atom. The molecule has 0 aromatic heterocycles. The number of benzene rings is 3. The van der Waals surface area contributed by atoms with E-state index in [-0.39, 0.29) is 28.4 Å². The first-order chi connectivity index (χ1) is 18.1. The molecular formula is C31H40BrCl2NO3. The first-order valence-corrected chi connectivity index (χ1v) is 14.0. The molecule has 7 heteroatoms. The van der Waals surface area contributed by atoms with Crippen molar-refractivity contribution in [1.82, 2.24) is 5.32 Å². The molecule has 208 valence electrons. The molecule has 1 fully saturated rings. The zero-order chi connectivity index (χ0) is 26.3. The van der Waals surface area contributed by atoms with Gasteiger partial charge in [0.05, 0.1) is 37.9 Å². The van der Waals surface area contributed by atoms with Gasteiger partial charge in [0.15, 0.2) is 0 Å². The molecule has 3 aromatic rings. The molecular weight excluding hydrogens is 585 g/mol. The molecule has 0 radical (unpaired) electrons. The summed E-state index contributed by atoms with van der Waals surface area (Å²) in [7, 11) is 0. The van der Waals surface area contributed by atoms with E-state index in [0.29, 0.717) is 32.3 Å². The van der Waals surface area contributed by atoms with Gasteiger partial charge in [-0.05, 0) is 61.2 Å². The van der Waals surface area contributed by atoms with E-state index in [9.17, 15) is 0 Å². The SMILES string of the molecule is Br.Cc1ccc(C)c(COC2CNCCC2c2ccc(OCCCOCc3ccccc3)cc2)c1.ClCCl. The van der Waals surface area contributed by atoms with Crippen molar-refractivity contribution in [3.63, 3.8) is 0 Å². The number of ether oxygens (including phenoxy) is 3. The topological polar surface area (TPSA) is 39.7 Å². The van der Waals surface area contributed by atoms with Gasteiger partial charge in [0.2, 0.25) is 0 Å². The van der Waals surface area contributed by atoms with Gasteiger partial charge in [-0.3, -0.25) is 0 Å². The minimum Gasteiger partial charge on any atom is -0.494 e. The van der Waals surface area contributed by atoms with Gasteiger partial charge in [0.25, 0.3) is 0 Å². The Bertz CT molecular complexity index is 1040. The van der Waals surface area contributed by atoms with Gasteiger partial charge in [-0.1, -0.05) is 66.2 Å². The van der Waals surface area contributed by atoms with Crippen LogP contribution in [0.1, 0.15) is 46.6 Å². The number of nitrogens with one attached hydrogen (secondary N) is 1. The maximum Gasteiger partial charge on any atom is 0.119 e. The summed E-state index contributed by atoms with van der Waals surface area (Å²) in [6, 6.07) is 25.4. The third kappa shape index (κ3) is 11.3. The zero-order valence-electron chi connectivity index (χ0n) is 22.3. The van der Waals surface area contributed by atoms with Crippen molar-refractivity contribution in [3.05, 3.63) is 101 Å². The highest BCUT2D eigenvalue weighted by Crippen LogP contribution is 2.30. The molecule has 0 aliphatic carbocycles. The van der Waals surface area contributed by atoms with Gasteiger partial charge in [0, 0.05) is 18.9 Å². The largest absolute Gasteiger partial charge is 0.494 e. The molecule has 1 saturated heterocycles. The lowest BCUT2D eigenvalue weighted by atomic mass is 9.87. The normalized spacial score (nSPS) is 16.6. The molecule has 0 bridgehead atoms. The van der Waals surface area contributed by atoms with Gasteiger partial charge >= 0.3 is 0 Å². The summed E-state index contributed by atoms with van der Waals surface area (Å²) in [5, 5.41) is 3.70. The molecule has 4 rings (SSSR count). The highest BCUT2D eigenvalue weighted by atomic mass is 79.9. The van der Waals surface area contributed by atoms with Crippen molar-refractivity contribution in [3.8, 4) is 5.75 Å². The Balaban J connectivity index is 0.00000121. The summed E-state index contributed by atoms with van der Waals surface area (Å²) in [6.45, 7) is 8.86. The van der Waals surface area contributed by atoms with Crippen molar-refractivity contribution in [1.29, 1.82) is 0 Å². The van der Waals surface area contributed by atoms with E-state index < -0.39 is 0 Å². The van der Waals surface area contributed by atoms with Gasteiger partial charge in [0.1, 0.15) is 5.75 Å². The van der Waals surface area contributed by atoms with Crippen molar-refractivity contribution < 1.29 is 14.2 Å². The van der Waals surface area contributed by atoms with Crippen LogP contribution in [-0.2, 0) is 22.7 Å². The van der Waals surface area contributed by atoms with E-state index in [2.05, 4.69) is 73.8 Å². The quantitative estimate of drug-likeness (QED) is 0.174. The van der Waals surface area contributed by atoms with Crippen molar-refractivity contribution >= 4 is 40.2 Å². The number of piperidine rings is 1. The predicted octanol–water partition coefficient (Wildman–Crippen LogP) is 7.95. The molecule has 1 heterocycles. The molecule has 0 amide bonds. The van der Waals surface area contributed by atoms with Crippen LogP contribution < -0.4 is 10.1 Å². The summed E-state index contributed by atoms with van der Waals surface area (Å²) in [5.41, 5.74) is 6.37. The number of alkyl halides is 2. The molecule has 1 aliphatic heterocycles. The van der Waals surface area contributed by atoms with Gasteiger partial charge in [-0.25, -0.2) is 0 Å². The maximum atomic E-state index is 6.43. The first kappa shape index (κ1) is 32.6. The van der Waals surface area contributed by atoms with Crippen LogP contribution in [0.3, 0.4) is 0 Å². The van der Waals surface area contributed by atoms with E-state index in [1.165, 1.54) is 27.8 Å². The fourth-order valence-electron chi connectivity index (χ4n) is 4.47. The molecule has 0 saturated carbocycles. The molecule has 38 heavy (non-hydrogen) atoms. The van der Waals surface area contributed by atoms with Crippen LogP contribution in [0, 0.1) is 13.8 Å². The molecule has 1 aliphatic rings. The Morgan fingerprint density at radius 3 is 2.37 bits per heavy atom. The first-order valence-electron chi connectivity index (χ1n) is 13.0. The second-order valence-corrected chi connectivity index (χ2v) is 10.1. The van der Waals surface area contributed by atoms with Crippen LogP contribution in [0.2, 0.25) is 0 Å². The number of aryl methyl sites for hydroxylation is 2. The molecule has 3 aromatic carbocycles. The van der Waals surface area contributed by atoms with Gasteiger partial charge < -0.3 is 19.5 Å². The number of rotatable bonds is 11. The Hall–Kier alpha value is -1.60. The van der Waals surface area contributed by atoms with Crippen molar-refractivity contribution in [2.75, 3.05) is 31.6 Å². The molecule has 1 N–H and O–H groups in total. The minimum absolute atomic E-state index is 0. The zero-order valence-corrected chi connectivity index (χ0v) is 25.6. The summed E-state index contributed by atoms with van der Waals surface area (Å²) in [6.07, 6.45) is 2.12. The van der Waals surface area contributed by atoms with Crippen LogP contribution in [-0.4, -0.2) is 37.7 Å². The lowest BCUT2D eigenvalue weighted by Crippen LogP contribution is -2.41. The highest BCUT2D eigenvalue weighted by Gasteiger charge is 2.27. The van der Waals surface area contributed by atoms with Crippen LogP contribution >= 0.6 is 40.2 Å². The van der Waals surface area contributed by atoms with Crippen molar-refractivity contribution in [2.45, 2.75) is 51.9 Å². The summed E-state index contributed by atoms with van der Waals surface area (Å²) in [5.74, 6) is 1.31. The van der Waals surface area contributed by atoms with Crippen molar-refractivity contribution in [2.24, 2.45) is 0 Å². The summed E-state index contributed by atoms with van der Waals surface area (Å²) < 4.78 is 18.1. The van der Waals surface area contributed by atoms with E-state index in [4.69, 9.17) is 37.4 Å². The monoisotopic (exact) mass is 623 g/mol. The summed E-state index contributed by atoms with van der Waals surface area (Å²) in [4.78, 5) is 0. The third-order valence-electron chi connectivity index (χ3n) is 6.51. The molecule has 2 atom stereocenters. The van der Waals surface area contributed by atoms with Crippen LogP contribution in [0.5, 0.6) is 5.75 Å². The lowest BCUT2D eigenvalue weighted by Gasteiger charge is -2.33. The predicted molar refractivity (Wildman–Crippen MR) is 164 cm³/mol. The average molecular weight is 625 g/mol. The number of hydrogen-bond acceptors (Lipinski definition) is 4. The number of halogens is 3. The van der Waals surface area contributed by atoms with Gasteiger partial charge in [-0.15, -0.1) is 40.2 Å². The average Bonchev–Trinajstić information content (AvgIpc) is 2.93. The second kappa shape index (κ2) is 18.6. The number of hydrogen-bond donors (Lipinski definition) is 1. The van der Waals surface area contributed by atoms with Crippen LogP contribution in [0.15, 0.2) is 72.8 Å². The van der Waals surface area contributed by atoms with E-state index in [0.717, 1.165) is 31.7 Å². The minimum atomic E-state index is 0. The van der Waals surface area contributed by atoms with Crippen LogP contribution in [0.4, 0.5) is 0 Å². The molecule has 4 nitrogen and oxygen atoms in total. The summed E-state index contributed by atoms with van der Waals surface area (Å²) >= 11 is 9.53. The van der Waals surface area contributed by atoms with E-state index >= 15 is 0 Å².